The van der Waals surface area contributed by atoms with Gasteiger partial charge in [-0.25, -0.2) is 4.98 Å². The standard InChI is InChI=1S/C18H25N5/c1-2-3-10-20-17-15-9-11-23(12-14-7-5-4-6-8-14)13-16(15)21-18(19)22-17/h4-8H,2-3,9-13H2,1H3,(H3,19,20,21,22). The maximum absolute atomic E-state index is 5.90. The summed E-state index contributed by atoms with van der Waals surface area (Å²) in [6, 6.07) is 10.6. The van der Waals surface area contributed by atoms with Crippen LogP contribution >= 0.6 is 0 Å². The molecule has 0 aliphatic carbocycles. The lowest BCUT2D eigenvalue weighted by Crippen LogP contribution is -2.32. The van der Waals surface area contributed by atoms with Crippen LogP contribution in [0.4, 0.5) is 11.8 Å². The zero-order chi connectivity index (χ0) is 16.1. The predicted molar refractivity (Wildman–Crippen MR) is 94.1 cm³/mol. The molecular formula is C18H25N5. The largest absolute Gasteiger partial charge is 0.370 e. The normalized spacial score (nSPS) is 14.5. The van der Waals surface area contributed by atoms with Gasteiger partial charge in [-0.15, -0.1) is 0 Å². The summed E-state index contributed by atoms with van der Waals surface area (Å²) in [6.45, 7) is 5.93. The van der Waals surface area contributed by atoms with E-state index in [9.17, 15) is 0 Å². The van der Waals surface area contributed by atoms with Crippen LogP contribution < -0.4 is 11.1 Å². The van der Waals surface area contributed by atoms with Gasteiger partial charge in [0.25, 0.3) is 0 Å². The smallest absolute Gasteiger partial charge is 0.222 e. The minimum absolute atomic E-state index is 0.365. The van der Waals surface area contributed by atoms with Gasteiger partial charge in [0, 0.05) is 31.7 Å². The van der Waals surface area contributed by atoms with Crippen LogP contribution in [-0.2, 0) is 19.5 Å². The van der Waals surface area contributed by atoms with Crippen LogP contribution in [0.3, 0.4) is 0 Å². The molecule has 2 heterocycles. The van der Waals surface area contributed by atoms with E-state index in [0.29, 0.717) is 5.95 Å². The number of anilines is 2. The van der Waals surface area contributed by atoms with Crippen molar-refractivity contribution < 1.29 is 0 Å². The first-order chi connectivity index (χ1) is 11.3. The number of nitrogens with one attached hydrogen (secondary N) is 1. The Morgan fingerprint density at radius 3 is 2.83 bits per heavy atom. The summed E-state index contributed by atoms with van der Waals surface area (Å²) in [5.41, 5.74) is 9.54. The minimum Gasteiger partial charge on any atom is -0.370 e. The molecule has 0 unspecified atom stereocenters. The summed E-state index contributed by atoms with van der Waals surface area (Å²) in [7, 11) is 0. The molecule has 0 amide bonds. The second-order valence-electron chi connectivity index (χ2n) is 6.08. The van der Waals surface area contributed by atoms with Crippen molar-refractivity contribution in [2.45, 2.75) is 39.3 Å². The number of rotatable bonds is 6. The highest BCUT2D eigenvalue weighted by Crippen LogP contribution is 2.25. The average Bonchev–Trinajstić information content (AvgIpc) is 2.55. The Morgan fingerprint density at radius 1 is 1.22 bits per heavy atom. The Morgan fingerprint density at radius 2 is 2.04 bits per heavy atom. The van der Waals surface area contributed by atoms with Gasteiger partial charge in [-0.1, -0.05) is 43.7 Å². The zero-order valence-electron chi connectivity index (χ0n) is 13.8. The van der Waals surface area contributed by atoms with Gasteiger partial charge in [-0.2, -0.15) is 4.98 Å². The summed E-state index contributed by atoms with van der Waals surface area (Å²) in [4.78, 5) is 11.3. The van der Waals surface area contributed by atoms with E-state index in [1.165, 1.54) is 17.5 Å². The fraction of sp³-hybridized carbons (Fsp3) is 0.444. The first-order valence-electron chi connectivity index (χ1n) is 8.41. The van der Waals surface area contributed by atoms with Crippen molar-refractivity contribution in [3.63, 3.8) is 0 Å². The number of nitrogens with zero attached hydrogens (tertiary/aromatic N) is 3. The lowest BCUT2D eigenvalue weighted by Gasteiger charge is -2.29. The van der Waals surface area contributed by atoms with Gasteiger partial charge >= 0.3 is 0 Å². The van der Waals surface area contributed by atoms with Crippen molar-refractivity contribution in [1.82, 2.24) is 14.9 Å². The highest BCUT2D eigenvalue weighted by molar-refractivity contribution is 5.50. The quantitative estimate of drug-likeness (QED) is 0.803. The van der Waals surface area contributed by atoms with Gasteiger partial charge in [0.1, 0.15) is 5.82 Å². The van der Waals surface area contributed by atoms with Gasteiger partial charge in [-0.05, 0) is 18.4 Å². The second kappa shape index (κ2) is 7.42. The molecule has 3 rings (SSSR count). The summed E-state index contributed by atoms with van der Waals surface area (Å²) >= 11 is 0. The molecule has 5 nitrogen and oxygen atoms in total. The van der Waals surface area contributed by atoms with Crippen LogP contribution in [0.25, 0.3) is 0 Å². The van der Waals surface area contributed by atoms with Crippen molar-refractivity contribution in [3.8, 4) is 0 Å². The molecular weight excluding hydrogens is 286 g/mol. The number of nitrogens with two attached hydrogens (primary N) is 1. The molecule has 0 spiro atoms. The minimum atomic E-state index is 0.365. The third-order valence-corrected chi connectivity index (χ3v) is 4.23. The van der Waals surface area contributed by atoms with E-state index >= 15 is 0 Å². The summed E-state index contributed by atoms with van der Waals surface area (Å²) in [6.07, 6.45) is 3.27. The second-order valence-corrected chi connectivity index (χ2v) is 6.08. The van der Waals surface area contributed by atoms with Crippen LogP contribution in [-0.4, -0.2) is 28.0 Å². The van der Waals surface area contributed by atoms with Crippen LogP contribution in [0.1, 0.15) is 36.6 Å². The number of nitrogen functional groups attached to an aromatic ring is 1. The van der Waals surface area contributed by atoms with E-state index in [-0.39, 0.29) is 0 Å². The topological polar surface area (TPSA) is 67.1 Å². The molecule has 0 saturated heterocycles. The van der Waals surface area contributed by atoms with Gasteiger partial charge in [0.15, 0.2) is 0 Å². The molecule has 0 bridgehead atoms. The Labute approximate surface area is 137 Å². The molecule has 122 valence electrons. The van der Waals surface area contributed by atoms with Crippen molar-refractivity contribution in [2.75, 3.05) is 24.1 Å². The Bertz CT molecular complexity index is 641. The molecule has 1 aromatic carbocycles. The highest BCUT2D eigenvalue weighted by atomic mass is 15.2. The van der Waals surface area contributed by atoms with Crippen molar-refractivity contribution in [3.05, 3.63) is 47.2 Å². The molecule has 0 atom stereocenters. The first kappa shape index (κ1) is 15.7. The molecule has 1 aromatic heterocycles. The van der Waals surface area contributed by atoms with E-state index in [4.69, 9.17) is 5.73 Å². The van der Waals surface area contributed by atoms with Crippen LogP contribution in [0, 0.1) is 0 Å². The molecule has 0 saturated carbocycles. The molecule has 23 heavy (non-hydrogen) atoms. The monoisotopic (exact) mass is 311 g/mol. The van der Waals surface area contributed by atoms with Gasteiger partial charge < -0.3 is 11.1 Å². The van der Waals surface area contributed by atoms with E-state index in [1.54, 1.807) is 0 Å². The van der Waals surface area contributed by atoms with E-state index in [1.807, 2.05) is 0 Å². The molecule has 2 aromatic rings. The number of unbranched alkanes of at least 4 members (excludes halogenated alkanes) is 1. The molecule has 0 radical (unpaired) electrons. The number of fused-ring (bicyclic) bond motifs is 1. The Balaban J connectivity index is 1.72. The average molecular weight is 311 g/mol. The third-order valence-electron chi connectivity index (χ3n) is 4.23. The molecule has 1 aliphatic heterocycles. The number of aromatic nitrogens is 2. The van der Waals surface area contributed by atoms with Gasteiger partial charge in [-0.3, -0.25) is 4.90 Å². The third kappa shape index (κ3) is 3.99. The Hall–Kier alpha value is -2.14. The summed E-state index contributed by atoms with van der Waals surface area (Å²) < 4.78 is 0. The number of benzene rings is 1. The van der Waals surface area contributed by atoms with Crippen molar-refractivity contribution in [1.29, 1.82) is 0 Å². The van der Waals surface area contributed by atoms with Gasteiger partial charge in [0.2, 0.25) is 5.95 Å². The molecule has 3 N–H and O–H groups in total. The maximum atomic E-state index is 5.90. The van der Waals surface area contributed by atoms with Crippen molar-refractivity contribution >= 4 is 11.8 Å². The molecule has 0 fully saturated rings. The van der Waals surface area contributed by atoms with Crippen LogP contribution in [0.5, 0.6) is 0 Å². The highest BCUT2D eigenvalue weighted by Gasteiger charge is 2.21. The maximum Gasteiger partial charge on any atom is 0.222 e. The SMILES string of the molecule is CCCCNc1nc(N)nc2c1CCN(Cc1ccccc1)C2. The van der Waals surface area contributed by atoms with Crippen LogP contribution in [0.15, 0.2) is 30.3 Å². The lowest BCUT2D eigenvalue weighted by molar-refractivity contribution is 0.241. The van der Waals surface area contributed by atoms with Crippen LogP contribution in [0.2, 0.25) is 0 Å². The number of hydrogen-bond donors (Lipinski definition) is 2. The molecule has 1 aliphatic rings. The Kier molecular flexibility index (Phi) is 5.08. The summed E-state index contributed by atoms with van der Waals surface area (Å²) in [5.74, 6) is 1.30. The van der Waals surface area contributed by atoms with E-state index in [0.717, 1.165) is 50.5 Å². The van der Waals surface area contributed by atoms with E-state index < -0.39 is 0 Å². The van der Waals surface area contributed by atoms with Crippen molar-refractivity contribution in [2.24, 2.45) is 0 Å². The fourth-order valence-electron chi connectivity index (χ4n) is 3.01. The summed E-state index contributed by atoms with van der Waals surface area (Å²) in [5, 5.41) is 3.43. The number of hydrogen-bond acceptors (Lipinski definition) is 5. The predicted octanol–water partition coefficient (Wildman–Crippen LogP) is 2.83. The van der Waals surface area contributed by atoms with E-state index in [2.05, 4.69) is 57.4 Å². The van der Waals surface area contributed by atoms with Gasteiger partial charge in [0.05, 0.1) is 5.69 Å². The zero-order valence-corrected chi connectivity index (χ0v) is 13.8. The fourth-order valence-corrected chi connectivity index (χ4v) is 3.01. The molecule has 5 heteroatoms. The lowest BCUT2D eigenvalue weighted by atomic mass is 10.0. The first-order valence-corrected chi connectivity index (χ1v) is 8.41.